The van der Waals surface area contributed by atoms with Gasteiger partial charge in [0.25, 0.3) is 5.91 Å². The minimum atomic E-state index is -0.596. The summed E-state index contributed by atoms with van der Waals surface area (Å²) in [6.07, 6.45) is 3.52. The lowest BCUT2D eigenvalue weighted by molar-refractivity contribution is -0.135. The number of aryl methyl sites for hydroxylation is 1. The van der Waals surface area contributed by atoms with Crippen LogP contribution in [0.2, 0.25) is 5.02 Å². The SMILES string of the molecule is CCc1cc(Cl)ccc1C=N/N=C1/NC(=O)/C(=C\C(=O)OC)S1. The molecule has 0 atom stereocenters. The Labute approximate surface area is 142 Å². The van der Waals surface area contributed by atoms with Gasteiger partial charge in [-0.2, -0.15) is 5.10 Å². The first kappa shape index (κ1) is 17.2. The first-order valence-corrected chi connectivity index (χ1v) is 7.91. The Bertz CT molecular complexity index is 729. The molecule has 1 heterocycles. The minimum absolute atomic E-state index is 0.214. The van der Waals surface area contributed by atoms with Crippen LogP contribution in [-0.2, 0) is 20.7 Å². The van der Waals surface area contributed by atoms with E-state index in [1.165, 1.54) is 7.11 Å². The van der Waals surface area contributed by atoms with E-state index in [4.69, 9.17) is 11.6 Å². The Kier molecular flexibility index (Phi) is 5.95. The fourth-order valence-corrected chi connectivity index (χ4v) is 2.72. The van der Waals surface area contributed by atoms with Crippen LogP contribution in [0, 0.1) is 0 Å². The molecular weight excluding hydrogens is 338 g/mol. The van der Waals surface area contributed by atoms with E-state index in [2.05, 4.69) is 20.3 Å². The highest BCUT2D eigenvalue weighted by Gasteiger charge is 2.24. The van der Waals surface area contributed by atoms with Gasteiger partial charge in [-0.15, -0.1) is 5.10 Å². The number of amidine groups is 1. The van der Waals surface area contributed by atoms with Crippen molar-refractivity contribution < 1.29 is 14.3 Å². The number of benzene rings is 1. The third kappa shape index (κ3) is 4.67. The number of thioether (sulfide) groups is 1. The van der Waals surface area contributed by atoms with Crippen LogP contribution in [0.4, 0.5) is 0 Å². The van der Waals surface area contributed by atoms with Gasteiger partial charge in [-0.3, -0.25) is 10.1 Å². The van der Waals surface area contributed by atoms with Crippen LogP contribution in [0.15, 0.2) is 39.4 Å². The number of methoxy groups -OCH3 is 1. The van der Waals surface area contributed by atoms with Crippen LogP contribution >= 0.6 is 23.4 Å². The predicted molar refractivity (Wildman–Crippen MR) is 91.7 cm³/mol. The molecule has 0 unspecified atom stereocenters. The second-order valence-electron chi connectivity index (χ2n) is 4.43. The Balaban J connectivity index is 2.11. The topological polar surface area (TPSA) is 80.1 Å². The maximum atomic E-state index is 11.7. The van der Waals surface area contributed by atoms with Gasteiger partial charge in [0, 0.05) is 11.1 Å². The largest absolute Gasteiger partial charge is 0.466 e. The van der Waals surface area contributed by atoms with Crippen LogP contribution in [0.5, 0.6) is 0 Å². The number of nitrogens with zero attached hydrogens (tertiary/aromatic N) is 2. The van der Waals surface area contributed by atoms with Crippen molar-refractivity contribution in [3.8, 4) is 0 Å². The standard InChI is InChI=1S/C15H14ClN3O3S/c1-3-9-6-11(16)5-4-10(9)8-17-19-15-18-14(21)12(23-15)7-13(20)22-2/h4-8H,3H2,1-2H3,(H,18,19,21)/b12-7+,17-8?. The monoisotopic (exact) mass is 351 g/mol. The molecule has 1 aromatic rings. The zero-order valence-corrected chi connectivity index (χ0v) is 14.1. The quantitative estimate of drug-likeness (QED) is 0.391. The summed E-state index contributed by atoms with van der Waals surface area (Å²) in [7, 11) is 1.24. The van der Waals surface area contributed by atoms with Crippen molar-refractivity contribution >= 4 is 46.6 Å². The highest BCUT2D eigenvalue weighted by atomic mass is 35.5. The van der Waals surface area contributed by atoms with Crippen molar-refractivity contribution in [2.45, 2.75) is 13.3 Å². The van der Waals surface area contributed by atoms with E-state index in [0.717, 1.165) is 35.4 Å². The second kappa shape index (κ2) is 7.94. The summed E-state index contributed by atoms with van der Waals surface area (Å²) in [4.78, 5) is 23.0. The maximum Gasteiger partial charge on any atom is 0.331 e. The van der Waals surface area contributed by atoms with Crippen molar-refractivity contribution in [2.24, 2.45) is 10.2 Å². The molecule has 0 saturated carbocycles. The lowest BCUT2D eigenvalue weighted by atomic mass is 10.1. The van der Waals surface area contributed by atoms with E-state index in [0.29, 0.717) is 10.2 Å². The van der Waals surface area contributed by atoms with Gasteiger partial charge < -0.3 is 4.74 Å². The fourth-order valence-electron chi connectivity index (χ4n) is 1.79. The molecule has 1 saturated heterocycles. The summed E-state index contributed by atoms with van der Waals surface area (Å²) in [5, 5.41) is 11.4. The van der Waals surface area contributed by atoms with Crippen LogP contribution in [0.1, 0.15) is 18.1 Å². The number of carbonyl (C=O) groups is 2. The molecule has 1 fully saturated rings. The highest BCUT2D eigenvalue weighted by molar-refractivity contribution is 8.18. The summed E-state index contributed by atoms with van der Waals surface area (Å²) in [5.74, 6) is -1.00. The van der Waals surface area contributed by atoms with E-state index in [-0.39, 0.29) is 4.91 Å². The molecule has 1 amide bonds. The summed E-state index contributed by atoms with van der Waals surface area (Å²) in [6, 6.07) is 5.51. The van der Waals surface area contributed by atoms with E-state index >= 15 is 0 Å². The van der Waals surface area contributed by atoms with E-state index < -0.39 is 11.9 Å². The second-order valence-corrected chi connectivity index (χ2v) is 5.90. The molecule has 1 aliphatic rings. The molecular formula is C15H14ClN3O3S. The molecule has 0 radical (unpaired) electrons. The number of rotatable bonds is 4. The molecule has 0 aromatic heterocycles. The van der Waals surface area contributed by atoms with E-state index in [1.54, 1.807) is 12.3 Å². The number of esters is 1. The molecule has 0 bridgehead atoms. The first-order valence-electron chi connectivity index (χ1n) is 6.71. The van der Waals surface area contributed by atoms with Gasteiger partial charge in [0.2, 0.25) is 0 Å². The number of halogens is 1. The Hall–Kier alpha value is -2.12. The molecule has 0 aliphatic carbocycles. The van der Waals surface area contributed by atoms with Gasteiger partial charge in [0.15, 0.2) is 5.17 Å². The lowest BCUT2D eigenvalue weighted by Gasteiger charge is -2.02. The Morgan fingerprint density at radius 1 is 1.48 bits per heavy atom. The number of hydrogen-bond acceptors (Lipinski definition) is 6. The van der Waals surface area contributed by atoms with Gasteiger partial charge >= 0.3 is 5.97 Å². The van der Waals surface area contributed by atoms with Gasteiger partial charge in [-0.05, 0) is 41.4 Å². The number of amides is 1. The van der Waals surface area contributed by atoms with Crippen molar-refractivity contribution in [3.63, 3.8) is 0 Å². The molecule has 1 N–H and O–H groups in total. The molecule has 1 aromatic carbocycles. The summed E-state index contributed by atoms with van der Waals surface area (Å²) in [5.41, 5.74) is 1.96. The normalized spacial score (nSPS) is 18.0. The third-order valence-corrected chi connectivity index (χ3v) is 4.07. The minimum Gasteiger partial charge on any atom is -0.466 e. The molecule has 6 nitrogen and oxygen atoms in total. The third-order valence-electron chi connectivity index (χ3n) is 2.93. The van der Waals surface area contributed by atoms with Crippen molar-refractivity contribution in [1.82, 2.24) is 5.32 Å². The van der Waals surface area contributed by atoms with Gasteiger partial charge in [0.1, 0.15) is 0 Å². The molecule has 1 aliphatic heterocycles. The maximum absolute atomic E-state index is 11.7. The number of hydrogen-bond donors (Lipinski definition) is 1. The summed E-state index contributed by atoms with van der Waals surface area (Å²) < 4.78 is 4.48. The molecule has 120 valence electrons. The Morgan fingerprint density at radius 2 is 2.26 bits per heavy atom. The Morgan fingerprint density at radius 3 is 2.96 bits per heavy atom. The summed E-state index contributed by atoms with van der Waals surface area (Å²) in [6.45, 7) is 2.02. The van der Waals surface area contributed by atoms with E-state index in [9.17, 15) is 9.59 Å². The number of ether oxygens (including phenoxy) is 1. The van der Waals surface area contributed by atoms with Crippen molar-refractivity contribution in [2.75, 3.05) is 7.11 Å². The van der Waals surface area contributed by atoms with E-state index in [1.807, 2.05) is 19.1 Å². The van der Waals surface area contributed by atoms with Crippen LogP contribution < -0.4 is 5.32 Å². The highest BCUT2D eigenvalue weighted by Crippen LogP contribution is 2.23. The molecule has 8 heteroatoms. The smallest absolute Gasteiger partial charge is 0.331 e. The average molecular weight is 352 g/mol. The predicted octanol–water partition coefficient (Wildman–Crippen LogP) is 2.51. The average Bonchev–Trinajstić information content (AvgIpc) is 2.88. The molecule has 0 spiro atoms. The number of nitrogens with one attached hydrogen (secondary N) is 1. The van der Waals surface area contributed by atoms with Gasteiger partial charge in [-0.1, -0.05) is 24.6 Å². The summed E-state index contributed by atoms with van der Waals surface area (Å²) >= 11 is 6.98. The van der Waals surface area contributed by atoms with Crippen LogP contribution in [-0.4, -0.2) is 30.4 Å². The van der Waals surface area contributed by atoms with Crippen LogP contribution in [0.3, 0.4) is 0 Å². The zero-order chi connectivity index (χ0) is 16.8. The van der Waals surface area contributed by atoms with Crippen molar-refractivity contribution in [1.29, 1.82) is 0 Å². The molecule has 23 heavy (non-hydrogen) atoms. The van der Waals surface area contributed by atoms with Crippen molar-refractivity contribution in [3.05, 3.63) is 45.3 Å². The zero-order valence-electron chi connectivity index (χ0n) is 12.5. The van der Waals surface area contributed by atoms with Gasteiger partial charge in [0.05, 0.1) is 18.2 Å². The van der Waals surface area contributed by atoms with Gasteiger partial charge in [-0.25, -0.2) is 4.79 Å². The number of carbonyl (C=O) groups excluding carboxylic acids is 2. The van der Waals surface area contributed by atoms with Crippen LogP contribution in [0.25, 0.3) is 0 Å². The first-order chi connectivity index (χ1) is 11.0. The lowest BCUT2D eigenvalue weighted by Crippen LogP contribution is -2.19. The fraction of sp³-hybridized carbons (Fsp3) is 0.200. The molecule has 2 rings (SSSR count).